The van der Waals surface area contributed by atoms with Gasteiger partial charge in [0.2, 0.25) is 0 Å². The Morgan fingerprint density at radius 1 is 0.500 bits per heavy atom. The summed E-state index contributed by atoms with van der Waals surface area (Å²) >= 11 is 0. The van der Waals surface area contributed by atoms with Crippen molar-refractivity contribution >= 4 is 5.97 Å². The molecule has 204 valence electrons. The van der Waals surface area contributed by atoms with Crippen molar-refractivity contribution in [2.45, 2.75) is 104 Å². The monoisotopic (exact) mass is 490 g/mol. The number of hydrogen-bond acceptors (Lipinski definition) is 7. The molecule has 0 aliphatic heterocycles. The highest BCUT2D eigenvalue weighted by Gasteiger charge is 2.15. The number of rotatable bonds is 26. The first-order valence-corrected chi connectivity index (χ1v) is 13.6. The van der Waals surface area contributed by atoms with Crippen LogP contribution in [0.25, 0.3) is 0 Å². The van der Waals surface area contributed by atoms with E-state index in [4.69, 9.17) is 28.4 Å². The molecular weight excluding hydrogens is 436 g/mol. The Bertz CT molecular complexity index is 424. The third kappa shape index (κ3) is 29.3. The number of ether oxygens (including phenoxy) is 6. The predicted octanol–water partition coefficient (Wildman–Crippen LogP) is 5.72. The van der Waals surface area contributed by atoms with Crippen LogP contribution in [-0.2, 0) is 33.2 Å². The lowest BCUT2D eigenvalue weighted by Gasteiger charge is -2.19. The molecule has 7 heteroatoms. The SMILES string of the molecule is CCCCCCCCCCCCOCCOCCOCCOCCOCCC(=O)OC(C)(C)C. The molecule has 0 aliphatic carbocycles. The normalized spacial score (nSPS) is 11.8. The van der Waals surface area contributed by atoms with E-state index in [2.05, 4.69) is 6.92 Å². The first-order chi connectivity index (χ1) is 16.5. The van der Waals surface area contributed by atoms with E-state index in [9.17, 15) is 4.79 Å². The molecule has 0 rings (SSSR count). The molecule has 0 N–H and O–H groups in total. The molecule has 0 spiro atoms. The van der Waals surface area contributed by atoms with Crippen LogP contribution in [0.5, 0.6) is 0 Å². The summed E-state index contributed by atoms with van der Waals surface area (Å²) in [5, 5.41) is 0. The van der Waals surface area contributed by atoms with Gasteiger partial charge in [-0.25, -0.2) is 0 Å². The Morgan fingerprint density at radius 3 is 1.26 bits per heavy atom. The van der Waals surface area contributed by atoms with Gasteiger partial charge in [0.25, 0.3) is 0 Å². The summed E-state index contributed by atoms with van der Waals surface area (Å²) in [6, 6.07) is 0. The summed E-state index contributed by atoms with van der Waals surface area (Å²) in [7, 11) is 0. The van der Waals surface area contributed by atoms with Crippen molar-refractivity contribution in [2.75, 3.05) is 66.1 Å². The fourth-order valence-electron chi connectivity index (χ4n) is 3.22. The maximum atomic E-state index is 11.5. The minimum Gasteiger partial charge on any atom is -0.460 e. The highest BCUT2D eigenvalue weighted by molar-refractivity contribution is 5.69. The van der Waals surface area contributed by atoms with E-state index in [0.29, 0.717) is 59.5 Å². The van der Waals surface area contributed by atoms with Crippen molar-refractivity contribution in [2.24, 2.45) is 0 Å². The third-order valence-corrected chi connectivity index (χ3v) is 5.00. The van der Waals surface area contributed by atoms with Crippen LogP contribution in [0, 0.1) is 0 Å². The molecule has 0 aromatic rings. The van der Waals surface area contributed by atoms with Crippen LogP contribution >= 0.6 is 0 Å². The first kappa shape index (κ1) is 33.3. The summed E-state index contributed by atoms with van der Waals surface area (Å²) in [4.78, 5) is 11.5. The third-order valence-electron chi connectivity index (χ3n) is 5.00. The zero-order valence-corrected chi connectivity index (χ0v) is 22.7. The fraction of sp³-hybridized carbons (Fsp3) is 0.963. The van der Waals surface area contributed by atoms with Gasteiger partial charge in [-0.1, -0.05) is 64.7 Å². The molecule has 0 saturated heterocycles. The van der Waals surface area contributed by atoms with Crippen molar-refractivity contribution in [1.82, 2.24) is 0 Å². The fourth-order valence-corrected chi connectivity index (χ4v) is 3.22. The number of esters is 1. The highest BCUT2D eigenvalue weighted by Crippen LogP contribution is 2.10. The maximum absolute atomic E-state index is 11.5. The lowest BCUT2D eigenvalue weighted by atomic mass is 10.1. The standard InChI is InChI=1S/C27H54O7/c1-5-6-7-8-9-10-11-12-13-14-16-29-18-20-31-22-24-33-25-23-32-21-19-30-17-15-26(28)34-27(2,3)4/h5-25H2,1-4H3. The van der Waals surface area contributed by atoms with Gasteiger partial charge in [0.1, 0.15) is 5.60 Å². The van der Waals surface area contributed by atoms with E-state index in [1.807, 2.05) is 20.8 Å². The second-order valence-electron chi connectivity index (χ2n) is 9.58. The van der Waals surface area contributed by atoms with Crippen LogP contribution < -0.4 is 0 Å². The minimum atomic E-state index is -0.453. The van der Waals surface area contributed by atoms with Gasteiger partial charge in [-0.15, -0.1) is 0 Å². The lowest BCUT2D eigenvalue weighted by Crippen LogP contribution is -2.24. The van der Waals surface area contributed by atoms with Gasteiger partial charge >= 0.3 is 5.97 Å². The second kappa shape index (κ2) is 25.4. The Kier molecular flexibility index (Phi) is 24.8. The Hall–Kier alpha value is -0.730. The van der Waals surface area contributed by atoms with Gasteiger partial charge in [-0.2, -0.15) is 0 Å². The molecule has 34 heavy (non-hydrogen) atoms. The smallest absolute Gasteiger partial charge is 0.308 e. The zero-order chi connectivity index (χ0) is 25.2. The van der Waals surface area contributed by atoms with E-state index in [-0.39, 0.29) is 12.4 Å². The predicted molar refractivity (Wildman–Crippen MR) is 136 cm³/mol. The first-order valence-electron chi connectivity index (χ1n) is 13.6. The molecule has 0 aliphatic rings. The van der Waals surface area contributed by atoms with E-state index in [1.165, 1.54) is 57.8 Å². The Labute approximate surface area is 209 Å². The second-order valence-corrected chi connectivity index (χ2v) is 9.58. The maximum Gasteiger partial charge on any atom is 0.308 e. The topological polar surface area (TPSA) is 72.5 Å². The van der Waals surface area contributed by atoms with Crippen molar-refractivity contribution in [3.63, 3.8) is 0 Å². The van der Waals surface area contributed by atoms with E-state index >= 15 is 0 Å². The average molecular weight is 491 g/mol. The number of carbonyl (C=O) groups is 1. The minimum absolute atomic E-state index is 0.246. The van der Waals surface area contributed by atoms with Gasteiger partial charge in [0.05, 0.1) is 65.9 Å². The summed E-state index contributed by atoms with van der Waals surface area (Å²) in [5.74, 6) is -0.246. The molecule has 0 amide bonds. The van der Waals surface area contributed by atoms with Crippen molar-refractivity contribution in [1.29, 1.82) is 0 Å². The number of unbranched alkanes of at least 4 members (excludes halogenated alkanes) is 9. The van der Waals surface area contributed by atoms with Crippen LogP contribution in [0.15, 0.2) is 0 Å². The van der Waals surface area contributed by atoms with Gasteiger partial charge < -0.3 is 28.4 Å². The number of carbonyl (C=O) groups excluding carboxylic acids is 1. The van der Waals surface area contributed by atoms with E-state index in [0.717, 1.165) is 13.0 Å². The van der Waals surface area contributed by atoms with Crippen molar-refractivity contribution in [3.8, 4) is 0 Å². The zero-order valence-electron chi connectivity index (χ0n) is 22.7. The largest absolute Gasteiger partial charge is 0.460 e. The lowest BCUT2D eigenvalue weighted by molar-refractivity contribution is -0.156. The molecular formula is C27H54O7. The molecule has 0 fully saturated rings. The van der Waals surface area contributed by atoms with Crippen LogP contribution in [0.4, 0.5) is 0 Å². The van der Waals surface area contributed by atoms with Crippen LogP contribution in [0.3, 0.4) is 0 Å². The molecule has 0 radical (unpaired) electrons. The summed E-state index contributed by atoms with van der Waals surface area (Å²) in [6.07, 6.45) is 13.7. The molecule has 7 nitrogen and oxygen atoms in total. The summed E-state index contributed by atoms with van der Waals surface area (Å²) in [6.45, 7) is 13.3. The van der Waals surface area contributed by atoms with Crippen LogP contribution in [0.2, 0.25) is 0 Å². The van der Waals surface area contributed by atoms with Crippen molar-refractivity contribution < 1.29 is 33.2 Å². The molecule has 0 bridgehead atoms. The Morgan fingerprint density at radius 2 is 0.853 bits per heavy atom. The number of hydrogen-bond donors (Lipinski definition) is 0. The van der Waals surface area contributed by atoms with E-state index in [1.54, 1.807) is 0 Å². The summed E-state index contributed by atoms with van der Waals surface area (Å²) in [5.41, 5.74) is -0.453. The van der Waals surface area contributed by atoms with Gasteiger partial charge in [0.15, 0.2) is 0 Å². The molecule has 0 aromatic carbocycles. The van der Waals surface area contributed by atoms with Crippen molar-refractivity contribution in [3.05, 3.63) is 0 Å². The van der Waals surface area contributed by atoms with Gasteiger partial charge in [-0.3, -0.25) is 4.79 Å². The summed E-state index contributed by atoms with van der Waals surface area (Å²) < 4.78 is 32.6. The Balaban J connectivity index is 3.10. The van der Waals surface area contributed by atoms with Gasteiger partial charge in [0, 0.05) is 6.61 Å². The van der Waals surface area contributed by atoms with Crippen LogP contribution in [0.1, 0.15) is 98.3 Å². The highest BCUT2D eigenvalue weighted by atomic mass is 16.6. The molecule has 0 heterocycles. The van der Waals surface area contributed by atoms with E-state index < -0.39 is 5.60 Å². The molecule has 0 aromatic heterocycles. The molecule has 0 saturated carbocycles. The average Bonchev–Trinajstić information content (AvgIpc) is 2.78. The van der Waals surface area contributed by atoms with Crippen LogP contribution in [-0.4, -0.2) is 77.6 Å². The quantitative estimate of drug-likeness (QED) is 0.113. The molecule has 0 atom stereocenters. The van der Waals surface area contributed by atoms with Gasteiger partial charge in [-0.05, 0) is 27.2 Å². The molecule has 0 unspecified atom stereocenters.